The predicted octanol–water partition coefficient (Wildman–Crippen LogP) is 4.71. The van der Waals surface area contributed by atoms with Crippen molar-refractivity contribution in [3.05, 3.63) is 64.2 Å². The van der Waals surface area contributed by atoms with E-state index in [1.54, 1.807) is 6.07 Å². The van der Waals surface area contributed by atoms with Gasteiger partial charge >= 0.3 is 0 Å². The van der Waals surface area contributed by atoms with E-state index in [9.17, 15) is 4.79 Å². The SMILES string of the molecule is CCc1nnc(NC(=O)c2ccccc2Nc2cccc(C)c2C)s1. The number of nitrogens with one attached hydrogen (secondary N) is 2. The Labute approximate surface area is 151 Å². The molecule has 128 valence electrons. The van der Waals surface area contributed by atoms with Crippen LogP contribution in [0.4, 0.5) is 16.5 Å². The van der Waals surface area contributed by atoms with Crippen LogP contribution in [0.15, 0.2) is 42.5 Å². The second-order valence-corrected chi connectivity index (χ2v) is 6.79. The van der Waals surface area contributed by atoms with Crippen molar-refractivity contribution < 1.29 is 4.79 Å². The van der Waals surface area contributed by atoms with Gasteiger partial charge in [-0.25, -0.2) is 0 Å². The van der Waals surface area contributed by atoms with Gasteiger partial charge in [-0.05, 0) is 49.6 Å². The van der Waals surface area contributed by atoms with Crippen LogP contribution in [0, 0.1) is 13.8 Å². The van der Waals surface area contributed by atoms with E-state index in [1.807, 2.05) is 37.3 Å². The Morgan fingerprint density at radius 2 is 1.80 bits per heavy atom. The zero-order valence-electron chi connectivity index (χ0n) is 14.5. The van der Waals surface area contributed by atoms with Gasteiger partial charge in [0, 0.05) is 5.69 Å². The summed E-state index contributed by atoms with van der Waals surface area (Å²) >= 11 is 1.40. The molecule has 1 aromatic heterocycles. The molecule has 5 nitrogen and oxygen atoms in total. The molecule has 1 amide bonds. The highest BCUT2D eigenvalue weighted by atomic mass is 32.1. The number of anilines is 3. The highest BCUT2D eigenvalue weighted by molar-refractivity contribution is 7.15. The molecule has 0 radical (unpaired) electrons. The number of rotatable bonds is 5. The predicted molar refractivity (Wildman–Crippen MR) is 103 cm³/mol. The summed E-state index contributed by atoms with van der Waals surface area (Å²) in [7, 11) is 0. The Hall–Kier alpha value is -2.73. The molecule has 25 heavy (non-hydrogen) atoms. The Kier molecular flexibility index (Phi) is 5.09. The average molecular weight is 352 g/mol. The van der Waals surface area contributed by atoms with Crippen molar-refractivity contribution in [1.29, 1.82) is 0 Å². The van der Waals surface area contributed by atoms with Crippen LogP contribution in [-0.4, -0.2) is 16.1 Å². The first kappa shape index (κ1) is 17.1. The number of aromatic nitrogens is 2. The molecule has 2 N–H and O–H groups in total. The zero-order valence-corrected chi connectivity index (χ0v) is 15.3. The minimum Gasteiger partial charge on any atom is -0.355 e. The first-order valence-corrected chi connectivity index (χ1v) is 8.96. The van der Waals surface area contributed by atoms with Crippen molar-refractivity contribution in [3.8, 4) is 0 Å². The number of aryl methyl sites for hydroxylation is 2. The fourth-order valence-corrected chi connectivity index (χ4v) is 3.11. The lowest BCUT2D eigenvalue weighted by Crippen LogP contribution is -2.14. The van der Waals surface area contributed by atoms with Crippen LogP contribution in [0.3, 0.4) is 0 Å². The molecular formula is C19H20N4OS. The van der Waals surface area contributed by atoms with Crippen LogP contribution in [-0.2, 0) is 6.42 Å². The third kappa shape index (κ3) is 3.85. The smallest absolute Gasteiger partial charge is 0.259 e. The second kappa shape index (κ2) is 7.44. The van der Waals surface area contributed by atoms with Gasteiger partial charge in [-0.2, -0.15) is 0 Å². The highest BCUT2D eigenvalue weighted by Crippen LogP contribution is 2.26. The lowest BCUT2D eigenvalue weighted by atomic mass is 10.1. The van der Waals surface area contributed by atoms with E-state index in [2.05, 4.69) is 40.7 Å². The van der Waals surface area contributed by atoms with Gasteiger partial charge in [0.15, 0.2) is 0 Å². The maximum atomic E-state index is 12.7. The minimum atomic E-state index is -0.202. The summed E-state index contributed by atoms with van der Waals surface area (Å²) in [4.78, 5) is 12.7. The van der Waals surface area contributed by atoms with Crippen LogP contribution in [0.25, 0.3) is 0 Å². The number of hydrogen-bond acceptors (Lipinski definition) is 5. The minimum absolute atomic E-state index is 0.202. The van der Waals surface area contributed by atoms with E-state index >= 15 is 0 Å². The van der Waals surface area contributed by atoms with Gasteiger partial charge in [-0.15, -0.1) is 10.2 Å². The van der Waals surface area contributed by atoms with Gasteiger partial charge < -0.3 is 5.32 Å². The Balaban J connectivity index is 1.85. The number of para-hydroxylation sites is 1. The number of carbonyl (C=O) groups excluding carboxylic acids is 1. The molecule has 0 unspecified atom stereocenters. The summed E-state index contributed by atoms with van der Waals surface area (Å²) in [5.41, 5.74) is 4.68. The molecule has 0 atom stereocenters. The number of carbonyl (C=O) groups is 1. The summed E-state index contributed by atoms with van der Waals surface area (Å²) in [5.74, 6) is -0.202. The van der Waals surface area contributed by atoms with E-state index < -0.39 is 0 Å². The summed E-state index contributed by atoms with van der Waals surface area (Å²) in [5, 5.41) is 15.7. The van der Waals surface area contributed by atoms with Crippen LogP contribution in [0.5, 0.6) is 0 Å². The topological polar surface area (TPSA) is 66.9 Å². The lowest BCUT2D eigenvalue weighted by molar-refractivity contribution is 0.102. The van der Waals surface area contributed by atoms with Crippen molar-refractivity contribution in [2.24, 2.45) is 0 Å². The first-order valence-electron chi connectivity index (χ1n) is 8.14. The largest absolute Gasteiger partial charge is 0.355 e. The monoisotopic (exact) mass is 352 g/mol. The van der Waals surface area contributed by atoms with Crippen molar-refractivity contribution in [1.82, 2.24) is 10.2 Å². The summed E-state index contributed by atoms with van der Waals surface area (Å²) in [6.45, 7) is 6.14. The Morgan fingerprint density at radius 3 is 2.56 bits per heavy atom. The van der Waals surface area contributed by atoms with E-state index in [0.717, 1.165) is 28.4 Å². The average Bonchev–Trinajstić information content (AvgIpc) is 3.07. The van der Waals surface area contributed by atoms with E-state index in [4.69, 9.17) is 0 Å². The Morgan fingerprint density at radius 1 is 1.04 bits per heavy atom. The van der Waals surface area contributed by atoms with Crippen LogP contribution in [0.1, 0.15) is 33.4 Å². The second-order valence-electron chi connectivity index (χ2n) is 5.73. The molecule has 0 saturated carbocycles. The molecule has 1 heterocycles. The third-order valence-corrected chi connectivity index (χ3v) is 5.02. The standard InChI is InChI=1S/C19H20N4OS/c1-4-17-22-23-19(25-17)21-18(24)14-9-5-6-10-16(14)20-15-11-7-8-12(2)13(15)3/h5-11,20H,4H2,1-3H3,(H,21,23,24). The lowest BCUT2D eigenvalue weighted by Gasteiger charge is -2.14. The van der Waals surface area contributed by atoms with Gasteiger partial charge in [0.2, 0.25) is 5.13 Å². The number of amides is 1. The molecule has 0 aliphatic heterocycles. The van der Waals surface area contributed by atoms with Crippen LogP contribution >= 0.6 is 11.3 Å². The molecule has 0 aliphatic rings. The molecule has 2 aromatic carbocycles. The highest BCUT2D eigenvalue weighted by Gasteiger charge is 2.14. The maximum Gasteiger partial charge on any atom is 0.259 e. The van der Waals surface area contributed by atoms with Crippen molar-refractivity contribution in [3.63, 3.8) is 0 Å². The first-order chi connectivity index (χ1) is 12.1. The zero-order chi connectivity index (χ0) is 17.8. The van der Waals surface area contributed by atoms with E-state index in [1.165, 1.54) is 16.9 Å². The molecule has 0 spiro atoms. The summed E-state index contributed by atoms with van der Waals surface area (Å²) in [6, 6.07) is 13.5. The van der Waals surface area contributed by atoms with E-state index in [-0.39, 0.29) is 5.91 Å². The molecule has 3 aromatic rings. The molecule has 0 aliphatic carbocycles. The molecule has 0 fully saturated rings. The summed E-state index contributed by atoms with van der Waals surface area (Å²) < 4.78 is 0. The van der Waals surface area contributed by atoms with Crippen molar-refractivity contribution in [2.75, 3.05) is 10.6 Å². The third-order valence-electron chi connectivity index (χ3n) is 4.04. The van der Waals surface area contributed by atoms with E-state index in [0.29, 0.717) is 10.7 Å². The van der Waals surface area contributed by atoms with Crippen molar-refractivity contribution in [2.45, 2.75) is 27.2 Å². The number of hydrogen-bond donors (Lipinski definition) is 2. The van der Waals surface area contributed by atoms with Crippen LogP contribution < -0.4 is 10.6 Å². The van der Waals surface area contributed by atoms with Gasteiger partial charge in [0.1, 0.15) is 5.01 Å². The maximum absolute atomic E-state index is 12.7. The fraction of sp³-hybridized carbons (Fsp3) is 0.211. The summed E-state index contributed by atoms with van der Waals surface area (Å²) in [6.07, 6.45) is 0.804. The molecule has 3 rings (SSSR count). The van der Waals surface area contributed by atoms with Gasteiger partial charge in [-0.1, -0.05) is 42.5 Å². The molecule has 6 heteroatoms. The Bertz CT molecular complexity index is 904. The quantitative estimate of drug-likeness (QED) is 0.698. The van der Waals surface area contributed by atoms with Gasteiger partial charge in [-0.3, -0.25) is 10.1 Å². The van der Waals surface area contributed by atoms with Crippen LogP contribution in [0.2, 0.25) is 0 Å². The number of nitrogens with zero attached hydrogens (tertiary/aromatic N) is 2. The molecule has 0 saturated heterocycles. The van der Waals surface area contributed by atoms with Gasteiger partial charge in [0.25, 0.3) is 5.91 Å². The normalized spacial score (nSPS) is 10.5. The molecular weight excluding hydrogens is 332 g/mol. The van der Waals surface area contributed by atoms with Crippen molar-refractivity contribution >= 4 is 33.8 Å². The molecule has 0 bridgehead atoms. The fourth-order valence-electron chi connectivity index (χ4n) is 2.43. The van der Waals surface area contributed by atoms with Gasteiger partial charge in [0.05, 0.1) is 11.3 Å². The number of benzene rings is 2.